The molecule has 4 rings (SSSR count). The summed E-state index contributed by atoms with van der Waals surface area (Å²) in [5, 5.41) is 4.22. The number of carbonyl (C=O) groups is 3. The summed E-state index contributed by atoms with van der Waals surface area (Å²) in [6.45, 7) is 7.13. The highest BCUT2D eigenvalue weighted by molar-refractivity contribution is 6.10. The molecule has 0 bridgehead atoms. The highest BCUT2D eigenvalue weighted by Crippen LogP contribution is 2.36. The zero-order chi connectivity index (χ0) is 21.5. The number of amides is 4. The van der Waals surface area contributed by atoms with Crippen molar-refractivity contribution in [2.24, 2.45) is 0 Å². The first-order chi connectivity index (χ1) is 14.2. The molecule has 0 radical (unpaired) electrons. The van der Waals surface area contributed by atoms with Gasteiger partial charge in [0, 0.05) is 48.9 Å². The van der Waals surface area contributed by atoms with E-state index in [0.717, 1.165) is 22.8 Å². The number of hydrogen-bond donors (Lipinski definition) is 1. The summed E-state index contributed by atoms with van der Waals surface area (Å²) in [6, 6.07) is 5.55. The van der Waals surface area contributed by atoms with Gasteiger partial charge < -0.3 is 9.64 Å². The van der Waals surface area contributed by atoms with Gasteiger partial charge in [0.05, 0.1) is 11.9 Å². The first-order valence-electron chi connectivity index (χ1n) is 10.2. The Labute approximate surface area is 175 Å². The van der Waals surface area contributed by atoms with Crippen molar-refractivity contribution in [2.75, 3.05) is 24.5 Å². The number of ether oxygens (including phenoxy) is 1. The highest BCUT2D eigenvalue weighted by atomic mass is 16.6. The summed E-state index contributed by atoms with van der Waals surface area (Å²) in [5.74, 6) is -0.103. The van der Waals surface area contributed by atoms with E-state index in [9.17, 15) is 14.4 Å². The Morgan fingerprint density at radius 1 is 1.17 bits per heavy atom. The van der Waals surface area contributed by atoms with Gasteiger partial charge >= 0.3 is 12.1 Å². The number of fused-ring (bicyclic) bond motifs is 1. The Bertz CT molecular complexity index is 1010. The molecule has 4 amide bonds. The molecule has 8 nitrogen and oxygen atoms in total. The maximum absolute atomic E-state index is 12.4. The fourth-order valence-corrected chi connectivity index (χ4v) is 4.07. The van der Waals surface area contributed by atoms with Crippen LogP contribution in [0.5, 0.6) is 0 Å². The monoisotopic (exact) mass is 410 g/mol. The molecule has 0 saturated carbocycles. The molecule has 2 aliphatic heterocycles. The van der Waals surface area contributed by atoms with Crippen LogP contribution in [-0.2, 0) is 9.53 Å². The summed E-state index contributed by atoms with van der Waals surface area (Å²) in [7, 11) is 0. The molecular weight excluding hydrogens is 384 g/mol. The third kappa shape index (κ3) is 3.94. The third-order valence-electron chi connectivity index (χ3n) is 5.44. The van der Waals surface area contributed by atoms with Gasteiger partial charge in [-0.25, -0.2) is 9.59 Å². The number of aromatic nitrogens is 1. The lowest BCUT2D eigenvalue weighted by Crippen LogP contribution is -2.49. The third-order valence-corrected chi connectivity index (χ3v) is 5.44. The smallest absolute Gasteiger partial charge is 0.410 e. The minimum atomic E-state index is -0.524. The molecule has 8 heteroatoms. The van der Waals surface area contributed by atoms with Crippen LogP contribution in [0.25, 0.3) is 10.8 Å². The molecule has 1 N–H and O–H groups in total. The van der Waals surface area contributed by atoms with Gasteiger partial charge in [-0.05, 0) is 32.8 Å². The van der Waals surface area contributed by atoms with Crippen LogP contribution in [0.4, 0.5) is 15.3 Å². The molecule has 1 aromatic heterocycles. The average molecular weight is 410 g/mol. The van der Waals surface area contributed by atoms with Crippen LogP contribution in [0.3, 0.4) is 0 Å². The molecule has 2 saturated heterocycles. The second kappa shape index (κ2) is 7.59. The zero-order valence-electron chi connectivity index (χ0n) is 17.5. The predicted molar refractivity (Wildman–Crippen MR) is 112 cm³/mol. The summed E-state index contributed by atoms with van der Waals surface area (Å²) in [5.41, 5.74) is 1.26. The lowest BCUT2D eigenvalue weighted by molar-refractivity contribution is -0.120. The molecular formula is C22H26N4O4. The maximum atomic E-state index is 12.4. The lowest BCUT2D eigenvalue weighted by Gasteiger charge is -2.27. The predicted octanol–water partition coefficient (Wildman–Crippen LogP) is 3.41. The van der Waals surface area contributed by atoms with Crippen LogP contribution >= 0.6 is 0 Å². The molecule has 0 aliphatic carbocycles. The van der Waals surface area contributed by atoms with Gasteiger partial charge in [-0.15, -0.1) is 0 Å². The summed E-state index contributed by atoms with van der Waals surface area (Å²) in [6.07, 6.45) is 4.26. The van der Waals surface area contributed by atoms with E-state index in [0.29, 0.717) is 25.3 Å². The van der Waals surface area contributed by atoms with E-state index < -0.39 is 11.6 Å². The second-order valence-electron chi connectivity index (χ2n) is 8.77. The molecule has 30 heavy (non-hydrogen) atoms. The number of hydrogen-bond acceptors (Lipinski definition) is 5. The van der Waals surface area contributed by atoms with Crippen molar-refractivity contribution in [1.82, 2.24) is 15.2 Å². The molecule has 158 valence electrons. The van der Waals surface area contributed by atoms with Gasteiger partial charge in [0.2, 0.25) is 5.91 Å². The molecule has 2 fully saturated rings. The molecule has 0 spiro atoms. The Hall–Kier alpha value is -3.16. The largest absolute Gasteiger partial charge is 0.444 e. The minimum absolute atomic E-state index is 0.162. The van der Waals surface area contributed by atoms with E-state index in [-0.39, 0.29) is 24.3 Å². The number of likely N-dealkylation sites (tertiary alicyclic amines) is 1. The van der Waals surface area contributed by atoms with Gasteiger partial charge in [0.25, 0.3) is 0 Å². The number of carbonyl (C=O) groups excluding carboxylic acids is 3. The van der Waals surface area contributed by atoms with E-state index >= 15 is 0 Å². The van der Waals surface area contributed by atoms with Crippen LogP contribution in [0, 0.1) is 0 Å². The van der Waals surface area contributed by atoms with Gasteiger partial charge in [-0.2, -0.15) is 0 Å². The fourth-order valence-electron chi connectivity index (χ4n) is 4.07. The standard InChI is InChI=1S/C22H26N4O4/c1-22(2,3)30-21(29)25-9-7-14(13-25)15-5-4-6-16-17(15)11-23-12-18(16)26-10-8-19(27)24-20(26)28/h4-6,11-12,14H,7-10,13H2,1-3H3,(H,24,27,28). The second-order valence-corrected chi connectivity index (χ2v) is 8.77. The van der Waals surface area contributed by atoms with Crippen LogP contribution < -0.4 is 10.2 Å². The van der Waals surface area contributed by atoms with Gasteiger partial charge in [0.15, 0.2) is 0 Å². The quantitative estimate of drug-likeness (QED) is 0.819. The van der Waals surface area contributed by atoms with E-state index in [4.69, 9.17) is 4.74 Å². The van der Waals surface area contributed by atoms with Crippen molar-refractivity contribution in [1.29, 1.82) is 0 Å². The minimum Gasteiger partial charge on any atom is -0.444 e. The number of imide groups is 1. The first-order valence-corrected chi connectivity index (χ1v) is 10.2. The van der Waals surface area contributed by atoms with Crippen LogP contribution in [-0.4, -0.2) is 53.2 Å². The fraction of sp³-hybridized carbons (Fsp3) is 0.455. The Kier molecular flexibility index (Phi) is 5.09. The number of benzene rings is 1. The molecule has 2 aromatic rings. The molecule has 2 aliphatic rings. The van der Waals surface area contributed by atoms with Crippen molar-refractivity contribution in [2.45, 2.75) is 45.1 Å². The van der Waals surface area contributed by atoms with E-state index in [2.05, 4.69) is 16.4 Å². The lowest BCUT2D eigenvalue weighted by atomic mass is 9.93. The molecule has 1 unspecified atom stereocenters. The SMILES string of the molecule is CC(C)(C)OC(=O)N1CCC(c2cccc3c(N4CCC(=O)NC4=O)cncc23)C1. The molecule has 1 atom stereocenters. The Morgan fingerprint density at radius 2 is 1.97 bits per heavy atom. The zero-order valence-corrected chi connectivity index (χ0v) is 17.5. The average Bonchev–Trinajstić information content (AvgIpc) is 3.16. The van der Waals surface area contributed by atoms with Gasteiger partial charge in [0.1, 0.15) is 5.60 Å². The summed E-state index contributed by atoms with van der Waals surface area (Å²) < 4.78 is 5.51. The van der Waals surface area contributed by atoms with E-state index in [1.165, 1.54) is 0 Å². The van der Waals surface area contributed by atoms with Crippen molar-refractivity contribution in [3.63, 3.8) is 0 Å². The number of nitrogens with one attached hydrogen (secondary N) is 1. The van der Waals surface area contributed by atoms with Crippen molar-refractivity contribution >= 4 is 34.5 Å². The van der Waals surface area contributed by atoms with Crippen LogP contribution in [0.2, 0.25) is 0 Å². The first kappa shape index (κ1) is 20.1. The van der Waals surface area contributed by atoms with E-state index in [1.54, 1.807) is 22.2 Å². The van der Waals surface area contributed by atoms with Crippen molar-refractivity contribution in [3.8, 4) is 0 Å². The topological polar surface area (TPSA) is 91.8 Å². The number of pyridine rings is 1. The van der Waals surface area contributed by atoms with Gasteiger partial charge in [-0.1, -0.05) is 18.2 Å². The summed E-state index contributed by atoms with van der Waals surface area (Å²) >= 11 is 0. The van der Waals surface area contributed by atoms with Crippen molar-refractivity contribution < 1.29 is 19.1 Å². The Balaban J connectivity index is 1.62. The molecule has 3 heterocycles. The summed E-state index contributed by atoms with van der Waals surface area (Å²) in [4.78, 5) is 43.9. The number of anilines is 1. The van der Waals surface area contributed by atoms with Crippen LogP contribution in [0.15, 0.2) is 30.6 Å². The van der Waals surface area contributed by atoms with Crippen LogP contribution in [0.1, 0.15) is 45.1 Å². The van der Waals surface area contributed by atoms with Crippen molar-refractivity contribution in [3.05, 3.63) is 36.2 Å². The normalized spacial score (nSPS) is 19.9. The number of urea groups is 1. The molecule has 1 aromatic carbocycles. The number of nitrogens with zero attached hydrogens (tertiary/aromatic N) is 3. The highest BCUT2D eigenvalue weighted by Gasteiger charge is 2.32. The van der Waals surface area contributed by atoms with E-state index in [1.807, 2.05) is 32.9 Å². The maximum Gasteiger partial charge on any atom is 0.410 e. The van der Waals surface area contributed by atoms with Gasteiger partial charge in [-0.3, -0.25) is 20.0 Å². The number of rotatable bonds is 2. The Morgan fingerprint density at radius 3 is 2.70 bits per heavy atom.